The van der Waals surface area contributed by atoms with E-state index in [2.05, 4.69) is 0 Å². The van der Waals surface area contributed by atoms with Gasteiger partial charge in [0.15, 0.2) is 18.2 Å². The number of fused-ring (bicyclic) bond motifs is 1. The van der Waals surface area contributed by atoms with Crippen LogP contribution in [0.5, 0.6) is 11.5 Å². The lowest BCUT2D eigenvalue weighted by Gasteiger charge is -2.12. The molecule has 0 atom stereocenters. The zero-order valence-corrected chi connectivity index (χ0v) is 18.3. The molecule has 32 heavy (non-hydrogen) atoms. The summed E-state index contributed by atoms with van der Waals surface area (Å²) in [4.78, 5) is 25.9. The maximum Gasteiger partial charge on any atom is 0.235 e. The third-order valence-corrected chi connectivity index (χ3v) is 4.94. The molecule has 5 nitrogen and oxygen atoms in total. The second-order valence-electron chi connectivity index (χ2n) is 7.86. The highest BCUT2D eigenvalue weighted by atomic mass is 16.5. The van der Waals surface area contributed by atoms with Crippen LogP contribution in [0.2, 0.25) is 0 Å². The molecule has 0 saturated carbocycles. The summed E-state index contributed by atoms with van der Waals surface area (Å²) >= 11 is 0. The van der Waals surface area contributed by atoms with E-state index in [1.165, 1.54) is 0 Å². The van der Waals surface area contributed by atoms with E-state index in [-0.39, 0.29) is 29.7 Å². The van der Waals surface area contributed by atoms with E-state index < -0.39 is 0 Å². The number of benzene rings is 3. The Morgan fingerprint density at radius 3 is 2.38 bits per heavy atom. The number of Topliss-reactive ketones (excluding diaryl/α,β-unsaturated/α-hetero) is 1. The van der Waals surface area contributed by atoms with Gasteiger partial charge in [0.05, 0.1) is 11.5 Å². The Morgan fingerprint density at radius 2 is 1.69 bits per heavy atom. The average molecular weight is 428 g/mol. The van der Waals surface area contributed by atoms with Gasteiger partial charge in [-0.05, 0) is 62.7 Å². The molecule has 0 aliphatic heterocycles. The van der Waals surface area contributed by atoms with Gasteiger partial charge in [-0.2, -0.15) is 0 Å². The highest BCUT2D eigenvalue weighted by Crippen LogP contribution is 2.31. The van der Waals surface area contributed by atoms with E-state index in [4.69, 9.17) is 13.9 Å². The minimum atomic E-state index is -0.307. The molecule has 0 radical (unpaired) electrons. The van der Waals surface area contributed by atoms with Crippen molar-refractivity contribution in [3.8, 4) is 22.8 Å². The second-order valence-corrected chi connectivity index (χ2v) is 7.86. The van der Waals surface area contributed by atoms with Gasteiger partial charge in [-0.15, -0.1) is 0 Å². The Bertz CT molecular complexity index is 1300. The molecule has 0 spiro atoms. The van der Waals surface area contributed by atoms with E-state index >= 15 is 0 Å². The van der Waals surface area contributed by atoms with Crippen molar-refractivity contribution in [3.63, 3.8) is 0 Å². The van der Waals surface area contributed by atoms with Crippen LogP contribution in [0, 0.1) is 6.92 Å². The molecule has 0 aliphatic rings. The Kier molecular flexibility index (Phi) is 6.08. The van der Waals surface area contributed by atoms with Crippen molar-refractivity contribution in [2.75, 3.05) is 6.61 Å². The predicted molar refractivity (Wildman–Crippen MR) is 125 cm³/mol. The van der Waals surface area contributed by atoms with Crippen molar-refractivity contribution >= 4 is 16.8 Å². The minimum Gasteiger partial charge on any atom is -0.491 e. The molecule has 0 fully saturated rings. The number of rotatable bonds is 7. The van der Waals surface area contributed by atoms with Gasteiger partial charge in [0.2, 0.25) is 11.2 Å². The lowest BCUT2D eigenvalue weighted by molar-refractivity contribution is 0.0920. The Hall–Kier alpha value is -3.86. The van der Waals surface area contributed by atoms with Gasteiger partial charge >= 0.3 is 0 Å². The van der Waals surface area contributed by atoms with Crippen LogP contribution >= 0.6 is 0 Å². The Labute approximate surface area is 186 Å². The van der Waals surface area contributed by atoms with Gasteiger partial charge in [-0.1, -0.05) is 36.4 Å². The fourth-order valence-corrected chi connectivity index (χ4v) is 3.41. The maximum absolute atomic E-state index is 13.2. The fraction of sp³-hybridized carbons (Fsp3) is 0.185. The molecule has 4 rings (SSSR count). The summed E-state index contributed by atoms with van der Waals surface area (Å²) in [6.45, 7) is 5.52. The number of carbonyl (C=O) groups is 1. The third kappa shape index (κ3) is 4.57. The van der Waals surface area contributed by atoms with Gasteiger partial charge < -0.3 is 13.9 Å². The van der Waals surface area contributed by atoms with Gasteiger partial charge in [0, 0.05) is 11.1 Å². The first-order chi connectivity index (χ1) is 15.4. The summed E-state index contributed by atoms with van der Waals surface area (Å²) in [6.07, 6.45) is 0.0483. The largest absolute Gasteiger partial charge is 0.491 e. The van der Waals surface area contributed by atoms with Crippen molar-refractivity contribution in [1.29, 1.82) is 0 Å². The molecule has 0 aliphatic carbocycles. The summed E-state index contributed by atoms with van der Waals surface area (Å²) in [5.74, 6) is 0.778. The average Bonchev–Trinajstić information content (AvgIpc) is 2.78. The summed E-state index contributed by atoms with van der Waals surface area (Å²) in [5.41, 5.74) is 2.33. The molecule has 162 valence electrons. The molecular weight excluding hydrogens is 404 g/mol. The number of ketones is 1. The van der Waals surface area contributed by atoms with Gasteiger partial charge in [-0.3, -0.25) is 9.59 Å². The van der Waals surface area contributed by atoms with Crippen molar-refractivity contribution in [3.05, 3.63) is 94.1 Å². The number of aryl methyl sites for hydroxylation is 1. The van der Waals surface area contributed by atoms with Gasteiger partial charge in [0.25, 0.3) is 0 Å². The zero-order chi connectivity index (χ0) is 22.7. The van der Waals surface area contributed by atoms with Crippen molar-refractivity contribution in [2.45, 2.75) is 26.9 Å². The van der Waals surface area contributed by atoms with Crippen molar-refractivity contribution in [2.24, 2.45) is 0 Å². The fourth-order valence-electron chi connectivity index (χ4n) is 3.41. The van der Waals surface area contributed by atoms with Crippen LogP contribution < -0.4 is 14.9 Å². The normalized spacial score (nSPS) is 11.0. The number of ether oxygens (including phenoxy) is 2. The SMILES string of the molecule is Cc1ccc2c(=O)c(OCC(=O)c3ccc(OC(C)C)cc3)c(-c3ccccc3)oc2c1. The van der Waals surface area contributed by atoms with E-state index in [1.807, 2.05) is 63.2 Å². The van der Waals surface area contributed by atoms with Crippen LogP contribution in [0.4, 0.5) is 0 Å². The van der Waals surface area contributed by atoms with Crippen LogP contribution in [0.25, 0.3) is 22.3 Å². The van der Waals surface area contributed by atoms with E-state index in [0.717, 1.165) is 5.56 Å². The summed E-state index contributed by atoms with van der Waals surface area (Å²) in [6, 6.07) is 21.5. The van der Waals surface area contributed by atoms with Crippen LogP contribution in [0.15, 0.2) is 82.0 Å². The number of hydrogen-bond acceptors (Lipinski definition) is 5. The summed E-state index contributed by atoms with van der Waals surface area (Å²) in [7, 11) is 0. The van der Waals surface area contributed by atoms with E-state index in [0.29, 0.717) is 33.6 Å². The molecule has 0 amide bonds. The van der Waals surface area contributed by atoms with Crippen LogP contribution in [0.1, 0.15) is 29.8 Å². The van der Waals surface area contributed by atoms with E-state index in [1.54, 1.807) is 30.3 Å². The molecule has 0 saturated heterocycles. The summed E-state index contributed by atoms with van der Waals surface area (Å²) in [5, 5.41) is 0.410. The number of hydrogen-bond donors (Lipinski definition) is 0. The molecular formula is C27H24O5. The Balaban J connectivity index is 1.66. The lowest BCUT2D eigenvalue weighted by atomic mass is 10.1. The third-order valence-electron chi connectivity index (χ3n) is 4.94. The predicted octanol–water partition coefficient (Wildman–Crippen LogP) is 5.82. The van der Waals surface area contributed by atoms with Crippen LogP contribution in [-0.4, -0.2) is 18.5 Å². The molecule has 1 aromatic heterocycles. The van der Waals surface area contributed by atoms with Crippen LogP contribution in [0.3, 0.4) is 0 Å². The van der Waals surface area contributed by atoms with Gasteiger partial charge in [0.1, 0.15) is 11.3 Å². The molecule has 0 bridgehead atoms. The van der Waals surface area contributed by atoms with Crippen LogP contribution in [-0.2, 0) is 0 Å². The highest BCUT2D eigenvalue weighted by molar-refractivity contribution is 5.97. The molecule has 1 heterocycles. The maximum atomic E-state index is 13.2. The number of carbonyl (C=O) groups excluding carboxylic acids is 1. The molecule has 0 unspecified atom stereocenters. The van der Waals surface area contributed by atoms with Crippen molar-refractivity contribution < 1.29 is 18.7 Å². The minimum absolute atomic E-state index is 0.0284. The quantitative estimate of drug-likeness (QED) is 0.347. The smallest absolute Gasteiger partial charge is 0.235 e. The first-order valence-electron chi connectivity index (χ1n) is 10.5. The van der Waals surface area contributed by atoms with Gasteiger partial charge in [-0.25, -0.2) is 0 Å². The molecule has 4 aromatic rings. The summed E-state index contributed by atoms with van der Waals surface area (Å²) < 4.78 is 17.5. The Morgan fingerprint density at radius 1 is 0.969 bits per heavy atom. The zero-order valence-electron chi connectivity index (χ0n) is 18.3. The first kappa shape index (κ1) is 21.4. The standard InChI is InChI=1S/C27H24O5/c1-17(2)31-21-12-10-19(11-13-21)23(28)16-30-27-25(29)22-14-9-18(3)15-24(22)32-26(27)20-7-5-4-6-8-20/h4-15,17H,16H2,1-3H3. The highest BCUT2D eigenvalue weighted by Gasteiger charge is 2.19. The second kappa shape index (κ2) is 9.10. The lowest BCUT2D eigenvalue weighted by Crippen LogP contribution is -2.17. The van der Waals surface area contributed by atoms with E-state index in [9.17, 15) is 9.59 Å². The monoisotopic (exact) mass is 428 g/mol. The molecule has 3 aromatic carbocycles. The van der Waals surface area contributed by atoms with Crippen molar-refractivity contribution in [1.82, 2.24) is 0 Å². The molecule has 5 heteroatoms. The molecule has 0 N–H and O–H groups in total. The topological polar surface area (TPSA) is 65.7 Å². The first-order valence-corrected chi connectivity index (χ1v) is 10.5.